The highest BCUT2D eigenvalue weighted by Gasteiger charge is 2.33. The number of nitrogens with one attached hydrogen (secondary N) is 1. The van der Waals surface area contributed by atoms with E-state index in [0.29, 0.717) is 5.69 Å². The number of anilines is 1. The maximum Gasteiger partial charge on any atom is 0.264 e. The number of benzene rings is 3. The lowest BCUT2D eigenvalue weighted by Crippen LogP contribution is -2.50. The average molecular weight is 573 g/mol. The first-order valence-electron chi connectivity index (χ1n) is 11.5. The van der Waals surface area contributed by atoms with E-state index >= 15 is 0 Å². The molecule has 0 fully saturated rings. The van der Waals surface area contributed by atoms with Gasteiger partial charge in [-0.15, -0.1) is 0 Å². The summed E-state index contributed by atoms with van der Waals surface area (Å²) in [5.74, 6) is -0.834. The van der Waals surface area contributed by atoms with Crippen molar-refractivity contribution in [1.82, 2.24) is 10.2 Å². The second-order valence-corrected chi connectivity index (χ2v) is 11.3. The molecule has 3 aromatic carbocycles. The summed E-state index contributed by atoms with van der Waals surface area (Å²) in [7, 11) is -2.57. The molecule has 2 amide bonds. The molecule has 0 spiro atoms. The summed E-state index contributed by atoms with van der Waals surface area (Å²) in [6.07, 6.45) is 0. The van der Waals surface area contributed by atoms with E-state index in [1.807, 2.05) is 44.2 Å². The molecule has 0 aromatic heterocycles. The molecule has 1 unspecified atom stereocenters. The van der Waals surface area contributed by atoms with Gasteiger partial charge in [-0.25, -0.2) is 8.42 Å². The lowest BCUT2D eigenvalue weighted by Gasteiger charge is -2.32. The SMILES string of the molecule is CNC(=O)C(C)N(Cc1ccc(Br)cc1)C(=O)CN(c1cccc(C)c1C)S(=O)(=O)c1ccccc1. The number of sulfonamides is 1. The molecule has 0 bridgehead atoms. The Morgan fingerprint density at radius 2 is 1.58 bits per heavy atom. The van der Waals surface area contributed by atoms with Crippen molar-refractivity contribution in [2.45, 2.75) is 38.3 Å². The molecule has 3 rings (SSSR count). The predicted molar refractivity (Wildman–Crippen MR) is 145 cm³/mol. The first-order chi connectivity index (χ1) is 17.1. The first-order valence-corrected chi connectivity index (χ1v) is 13.7. The van der Waals surface area contributed by atoms with E-state index in [9.17, 15) is 18.0 Å². The number of nitrogens with zero attached hydrogens (tertiary/aromatic N) is 2. The Labute approximate surface area is 221 Å². The molecule has 0 heterocycles. The Morgan fingerprint density at radius 1 is 0.944 bits per heavy atom. The quantitative estimate of drug-likeness (QED) is 0.411. The Morgan fingerprint density at radius 3 is 2.19 bits per heavy atom. The van der Waals surface area contributed by atoms with Crippen molar-refractivity contribution in [3.63, 3.8) is 0 Å². The molecule has 0 saturated carbocycles. The van der Waals surface area contributed by atoms with Crippen LogP contribution in [0, 0.1) is 13.8 Å². The third kappa shape index (κ3) is 6.14. The summed E-state index contributed by atoms with van der Waals surface area (Å²) >= 11 is 3.40. The van der Waals surface area contributed by atoms with Gasteiger partial charge in [-0.2, -0.15) is 0 Å². The number of aryl methyl sites for hydroxylation is 1. The topological polar surface area (TPSA) is 86.8 Å². The fourth-order valence-corrected chi connectivity index (χ4v) is 5.57. The van der Waals surface area contributed by atoms with E-state index in [1.165, 1.54) is 24.1 Å². The third-order valence-electron chi connectivity index (χ3n) is 6.13. The average Bonchev–Trinajstić information content (AvgIpc) is 2.88. The van der Waals surface area contributed by atoms with Crippen molar-refractivity contribution in [1.29, 1.82) is 0 Å². The number of likely N-dealkylation sites (N-methyl/N-ethyl adjacent to an activating group) is 1. The van der Waals surface area contributed by atoms with Crippen LogP contribution in [0.4, 0.5) is 5.69 Å². The molecule has 0 aliphatic heterocycles. The maximum atomic E-state index is 13.8. The van der Waals surface area contributed by atoms with Crippen LogP contribution in [0.5, 0.6) is 0 Å². The van der Waals surface area contributed by atoms with E-state index in [0.717, 1.165) is 25.5 Å². The highest BCUT2D eigenvalue weighted by molar-refractivity contribution is 9.10. The zero-order chi connectivity index (χ0) is 26.5. The predicted octanol–water partition coefficient (Wildman–Crippen LogP) is 4.42. The van der Waals surface area contributed by atoms with Crippen molar-refractivity contribution < 1.29 is 18.0 Å². The minimum absolute atomic E-state index is 0.0810. The summed E-state index contributed by atoms with van der Waals surface area (Å²) in [6, 6.07) is 20.0. The number of halogens is 1. The number of carbonyl (C=O) groups excluding carboxylic acids is 2. The van der Waals surface area contributed by atoms with Gasteiger partial charge in [0.1, 0.15) is 12.6 Å². The van der Waals surface area contributed by atoms with Crippen molar-refractivity contribution in [3.8, 4) is 0 Å². The number of carbonyl (C=O) groups is 2. The summed E-state index contributed by atoms with van der Waals surface area (Å²) < 4.78 is 29.6. The number of hydrogen-bond acceptors (Lipinski definition) is 4. The van der Waals surface area contributed by atoms with Gasteiger partial charge >= 0.3 is 0 Å². The van der Waals surface area contributed by atoms with Gasteiger partial charge in [0.15, 0.2) is 0 Å². The Hall–Kier alpha value is -3.17. The smallest absolute Gasteiger partial charge is 0.264 e. The standard InChI is InChI=1S/C27H30BrN3O4S/c1-19-9-8-12-25(20(19)2)31(36(34,35)24-10-6-5-7-11-24)18-26(32)30(21(3)27(33)29-4)17-22-13-15-23(28)16-14-22/h5-16,21H,17-18H2,1-4H3,(H,29,33). The fraction of sp³-hybridized carbons (Fsp3) is 0.259. The lowest BCUT2D eigenvalue weighted by molar-refractivity contribution is -0.139. The summed E-state index contributed by atoms with van der Waals surface area (Å²) in [5.41, 5.74) is 2.89. The molecular formula is C27H30BrN3O4S. The molecule has 1 N–H and O–H groups in total. The fourth-order valence-electron chi connectivity index (χ4n) is 3.82. The molecular weight excluding hydrogens is 542 g/mol. The van der Waals surface area contributed by atoms with Gasteiger partial charge in [-0.05, 0) is 67.8 Å². The van der Waals surface area contributed by atoms with E-state index in [2.05, 4.69) is 21.2 Å². The minimum atomic E-state index is -4.07. The Balaban J connectivity index is 2.06. The van der Waals surface area contributed by atoms with Crippen LogP contribution in [0.25, 0.3) is 0 Å². The van der Waals surface area contributed by atoms with Gasteiger partial charge in [0.25, 0.3) is 10.0 Å². The van der Waals surface area contributed by atoms with Crippen LogP contribution < -0.4 is 9.62 Å². The summed E-state index contributed by atoms with van der Waals surface area (Å²) in [6.45, 7) is 5.03. The zero-order valence-electron chi connectivity index (χ0n) is 20.7. The second kappa shape index (κ2) is 11.7. The van der Waals surface area contributed by atoms with Gasteiger partial charge in [0.05, 0.1) is 10.6 Å². The van der Waals surface area contributed by atoms with Crippen LogP contribution in [-0.2, 0) is 26.2 Å². The largest absolute Gasteiger partial charge is 0.357 e. The van der Waals surface area contributed by atoms with E-state index in [-0.39, 0.29) is 17.3 Å². The number of hydrogen-bond donors (Lipinski definition) is 1. The van der Waals surface area contributed by atoms with Crippen molar-refractivity contribution in [3.05, 3.63) is 94.0 Å². The van der Waals surface area contributed by atoms with Gasteiger partial charge in [-0.3, -0.25) is 13.9 Å². The van der Waals surface area contributed by atoms with Crippen LogP contribution in [0.2, 0.25) is 0 Å². The molecule has 0 saturated heterocycles. The molecule has 0 aliphatic rings. The molecule has 3 aromatic rings. The van der Waals surface area contributed by atoms with Crippen LogP contribution in [0.15, 0.2) is 82.2 Å². The van der Waals surface area contributed by atoms with Crippen molar-refractivity contribution in [2.24, 2.45) is 0 Å². The monoisotopic (exact) mass is 571 g/mol. The second-order valence-electron chi connectivity index (χ2n) is 8.48. The molecule has 190 valence electrons. The highest BCUT2D eigenvalue weighted by atomic mass is 79.9. The number of rotatable bonds is 9. The van der Waals surface area contributed by atoms with Gasteiger partial charge in [0.2, 0.25) is 11.8 Å². The summed E-state index contributed by atoms with van der Waals surface area (Å²) in [5, 5.41) is 2.58. The van der Waals surface area contributed by atoms with E-state index < -0.39 is 28.5 Å². The highest BCUT2D eigenvalue weighted by Crippen LogP contribution is 2.29. The molecule has 9 heteroatoms. The first kappa shape index (κ1) is 27.4. The van der Waals surface area contributed by atoms with Crippen LogP contribution >= 0.6 is 15.9 Å². The van der Waals surface area contributed by atoms with Crippen LogP contribution in [0.1, 0.15) is 23.6 Å². The molecule has 0 radical (unpaired) electrons. The Kier molecular flexibility index (Phi) is 8.92. The summed E-state index contributed by atoms with van der Waals surface area (Å²) in [4.78, 5) is 27.8. The normalized spacial score (nSPS) is 12.0. The molecule has 7 nitrogen and oxygen atoms in total. The maximum absolute atomic E-state index is 13.8. The van der Waals surface area contributed by atoms with Gasteiger partial charge in [-0.1, -0.05) is 58.4 Å². The van der Waals surface area contributed by atoms with Gasteiger partial charge in [0, 0.05) is 18.1 Å². The molecule has 1 atom stereocenters. The number of amides is 2. The molecule has 0 aliphatic carbocycles. The minimum Gasteiger partial charge on any atom is -0.357 e. The van der Waals surface area contributed by atoms with Crippen molar-refractivity contribution >= 4 is 43.5 Å². The Bertz CT molecular complexity index is 1330. The zero-order valence-corrected chi connectivity index (χ0v) is 23.1. The lowest BCUT2D eigenvalue weighted by atomic mass is 10.1. The van der Waals surface area contributed by atoms with Crippen LogP contribution in [-0.4, -0.2) is 44.8 Å². The third-order valence-corrected chi connectivity index (χ3v) is 8.44. The van der Waals surface area contributed by atoms with Gasteiger partial charge < -0.3 is 10.2 Å². The van der Waals surface area contributed by atoms with E-state index in [1.54, 1.807) is 37.3 Å². The van der Waals surface area contributed by atoms with Crippen molar-refractivity contribution in [2.75, 3.05) is 17.9 Å². The van der Waals surface area contributed by atoms with Crippen LogP contribution in [0.3, 0.4) is 0 Å². The molecule has 36 heavy (non-hydrogen) atoms. The van der Waals surface area contributed by atoms with E-state index in [4.69, 9.17) is 0 Å².